The topological polar surface area (TPSA) is 41.6 Å². The Balaban J connectivity index is 0.00000256. The molecule has 1 aliphatic heterocycles. The molecule has 0 bridgehead atoms. The van der Waals surface area contributed by atoms with Crippen molar-refractivity contribution in [3.05, 3.63) is 0 Å². The third-order valence-electron chi connectivity index (χ3n) is 3.01. The molecule has 0 aliphatic carbocycles. The number of nitrogens with zero attached hydrogens (tertiary/aromatic N) is 2. The fourth-order valence-corrected chi connectivity index (χ4v) is 2.54. The number of piperidine rings is 1. The van der Waals surface area contributed by atoms with E-state index in [-0.39, 0.29) is 24.0 Å². The zero-order chi connectivity index (χ0) is 11.8. The lowest BCUT2D eigenvalue weighted by molar-refractivity contribution is 0.270. The molecule has 1 atom stereocenters. The summed E-state index contributed by atoms with van der Waals surface area (Å²) >= 11 is 1.90. The maximum absolute atomic E-state index is 6.00. The molecule has 0 radical (unpaired) electrons. The van der Waals surface area contributed by atoms with E-state index in [0.717, 1.165) is 37.9 Å². The number of hydrogen-bond acceptors (Lipinski definition) is 2. The SMILES string of the molecule is CSCCCCN=C(N)N1CCCC(C)C1.I. The highest BCUT2D eigenvalue weighted by molar-refractivity contribution is 14.0. The maximum Gasteiger partial charge on any atom is 0.191 e. The van der Waals surface area contributed by atoms with Crippen LogP contribution in [0.2, 0.25) is 0 Å². The molecule has 0 saturated carbocycles. The fourth-order valence-electron chi connectivity index (χ4n) is 2.05. The molecule has 17 heavy (non-hydrogen) atoms. The van der Waals surface area contributed by atoms with Gasteiger partial charge in [-0.25, -0.2) is 0 Å². The molecule has 0 aromatic carbocycles. The molecule has 1 unspecified atom stereocenters. The van der Waals surface area contributed by atoms with Crippen molar-refractivity contribution in [1.29, 1.82) is 0 Å². The number of hydrogen-bond donors (Lipinski definition) is 1. The van der Waals surface area contributed by atoms with Crippen LogP contribution in [0.5, 0.6) is 0 Å². The van der Waals surface area contributed by atoms with E-state index < -0.39 is 0 Å². The first-order valence-corrected chi connectivity index (χ1v) is 7.67. The molecule has 0 amide bonds. The van der Waals surface area contributed by atoms with Crippen LogP contribution in [0.1, 0.15) is 32.6 Å². The van der Waals surface area contributed by atoms with Crippen molar-refractivity contribution >= 4 is 41.7 Å². The van der Waals surface area contributed by atoms with Crippen molar-refractivity contribution < 1.29 is 0 Å². The van der Waals surface area contributed by atoms with Crippen molar-refractivity contribution in [2.24, 2.45) is 16.6 Å². The highest BCUT2D eigenvalue weighted by Gasteiger charge is 2.17. The van der Waals surface area contributed by atoms with Gasteiger partial charge in [-0.3, -0.25) is 4.99 Å². The first-order valence-electron chi connectivity index (χ1n) is 6.28. The van der Waals surface area contributed by atoms with Gasteiger partial charge in [0.1, 0.15) is 0 Å². The second-order valence-corrected chi connectivity index (χ2v) is 5.62. The third-order valence-corrected chi connectivity index (χ3v) is 3.71. The molecule has 0 aromatic heterocycles. The Hall–Kier alpha value is 0.350. The minimum absolute atomic E-state index is 0. The summed E-state index contributed by atoms with van der Waals surface area (Å²) in [4.78, 5) is 6.70. The van der Waals surface area contributed by atoms with Crippen LogP contribution in [-0.2, 0) is 0 Å². The van der Waals surface area contributed by atoms with Gasteiger partial charge in [-0.2, -0.15) is 11.8 Å². The molecule has 1 heterocycles. The summed E-state index contributed by atoms with van der Waals surface area (Å²) in [6.07, 6.45) is 7.13. The molecule has 1 saturated heterocycles. The monoisotopic (exact) mass is 371 g/mol. The smallest absolute Gasteiger partial charge is 0.191 e. The summed E-state index contributed by atoms with van der Waals surface area (Å²) < 4.78 is 0. The van der Waals surface area contributed by atoms with Crippen LogP contribution in [0, 0.1) is 5.92 Å². The van der Waals surface area contributed by atoms with Crippen molar-refractivity contribution in [1.82, 2.24) is 4.90 Å². The van der Waals surface area contributed by atoms with E-state index >= 15 is 0 Å². The van der Waals surface area contributed by atoms with Crippen molar-refractivity contribution in [2.75, 3.05) is 31.6 Å². The predicted molar refractivity (Wildman–Crippen MR) is 89.5 cm³/mol. The Morgan fingerprint density at radius 3 is 2.88 bits per heavy atom. The van der Waals surface area contributed by atoms with Crippen LogP contribution in [-0.4, -0.2) is 42.5 Å². The van der Waals surface area contributed by atoms with Crippen LogP contribution < -0.4 is 5.73 Å². The number of aliphatic imine (C=N–C) groups is 1. The zero-order valence-corrected chi connectivity index (χ0v) is 14.2. The molecule has 3 nitrogen and oxygen atoms in total. The molecule has 1 fully saturated rings. The van der Waals surface area contributed by atoms with Gasteiger partial charge in [0.2, 0.25) is 0 Å². The highest BCUT2D eigenvalue weighted by atomic mass is 127. The van der Waals surface area contributed by atoms with E-state index in [4.69, 9.17) is 5.73 Å². The molecular weight excluding hydrogens is 345 g/mol. The summed E-state index contributed by atoms with van der Waals surface area (Å²) in [7, 11) is 0. The van der Waals surface area contributed by atoms with Gasteiger partial charge in [-0.1, -0.05) is 6.92 Å². The average molecular weight is 371 g/mol. The van der Waals surface area contributed by atoms with Crippen molar-refractivity contribution in [2.45, 2.75) is 32.6 Å². The maximum atomic E-state index is 6.00. The molecule has 2 N–H and O–H groups in total. The molecular formula is C12H26IN3S. The Bertz CT molecular complexity index is 224. The predicted octanol–water partition coefficient (Wildman–Crippen LogP) is 2.79. The Morgan fingerprint density at radius 2 is 2.24 bits per heavy atom. The molecule has 1 rings (SSSR count). The first-order chi connectivity index (χ1) is 7.74. The minimum atomic E-state index is 0. The van der Waals surface area contributed by atoms with Crippen molar-refractivity contribution in [3.8, 4) is 0 Å². The lowest BCUT2D eigenvalue weighted by atomic mass is 10.0. The number of nitrogens with two attached hydrogens (primary N) is 1. The lowest BCUT2D eigenvalue weighted by Gasteiger charge is -2.31. The number of likely N-dealkylation sites (tertiary alicyclic amines) is 1. The number of thioether (sulfide) groups is 1. The molecule has 1 aliphatic rings. The van der Waals surface area contributed by atoms with Gasteiger partial charge in [0, 0.05) is 19.6 Å². The Morgan fingerprint density at radius 1 is 1.47 bits per heavy atom. The number of guanidine groups is 1. The fraction of sp³-hybridized carbons (Fsp3) is 0.917. The number of rotatable bonds is 5. The largest absolute Gasteiger partial charge is 0.370 e. The summed E-state index contributed by atoms with van der Waals surface area (Å²) in [6.45, 7) is 5.35. The Labute approximate surface area is 127 Å². The van der Waals surface area contributed by atoms with Gasteiger partial charge in [0.15, 0.2) is 5.96 Å². The summed E-state index contributed by atoms with van der Waals surface area (Å²) in [5.74, 6) is 2.76. The second-order valence-electron chi connectivity index (χ2n) is 4.63. The van der Waals surface area contributed by atoms with Gasteiger partial charge in [0.05, 0.1) is 0 Å². The average Bonchev–Trinajstić information content (AvgIpc) is 2.28. The van der Waals surface area contributed by atoms with Crippen molar-refractivity contribution in [3.63, 3.8) is 0 Å². The summed E-state index contributed by atoms with van der Waals surface area (Å²) in [6, 6.07) is 0. The normalized spacial score (nSPS) is 21.2. The first kappa shape index (κ1) is 17.4. The van der Waals surface area contributed by atoms with E-state index in [1.165, 1.54) is 25.0 Å². The number of unbranched alkanes of at least 4 members (excludes halogenated alkanes) is 1. The third kappa shape index (κ3) is 7.39. The van der Waals surface area contributed by atoms with E-state index in [9.17, 15) is 0 Å². The Kier molecular flexibility index (Phi) is 10.5. The number of halogens is 1. The van der Waals surface area contributed by atoms with Crippen LogP contribution in [0.15, 0.2) is 4.99 Å². The van der Waals surface area contributed by atoms with Crippen LogP contribution in [0.4, 0.5) is 0 Å². The molecule has 5 heteroatoms. The molecule has 102 valence electrons. The van der Waals surface area contributed by atoms with Gasteiger partial charge in [0.25, 0.3) is 0 Å². The van der Waals surface area contributed by atoms with E-state index in [1.54, 1.807) is 0 Å². The van der Waals surface area contributed by atoms with E-state index in [1.807, 2.05) is 11.8 Å². The van der Waals surface area contributed by atoms with E-state index in [0.29, 0.717) is 0 Å². The van der Waals surface area contributed by atoms with Gasteiger partial charge < -0.3 is 10.6 Å². The van der Waals surface area contributed by atoms with Gasteiger partial charge in [-0.05, 0) is 43.6 Å². The summed E-state index contributed by atoms with van der Waals surface area (Å²) in [5.41, 5.74) is 6.00. The van der Waals surface area contributed by atoms with Gasteiger partial charge in [-0.15, -0.1) is 24.0 Å². The lowest BCUT2D eigenvalue weighted by Crippen LogP contribution is -2.43. The minimum Gasteiger partial charge on any atom is -0.370 e. The van der Waals surface area contributed by atoms with Gasteiger partial charge >= 0.3 is 0 Å². The molecule has 0 aromatic rings. The second kappa shape index (κ2) is 10.3. The van der Waals surface area contributed by atoms with Crippen LogP contribution in [0.3, 0.4) is 0 Å². The highest BCUT2D eigenvalue weighted by Crippen LogP contribution is 2.14. The standard InChI is InChI=1S/C12H25N3S.HI/c1-11-6-5-8-15(10-11)12(13)14-7-3-4-9-16-2;/h11H,3-10H2,1-2H3,(H2,13,14);1H. The summed E-state index contributed by atoms with van der Waals surface area (Å²) in [5, 5.41) is 0. The van der Waals surface area contributed by atoms with E-state index in [2.05, 4.69) is 23.1 Å². The zero-order valence-electron chi connectivity index (χ0n) is 11.0. The molecule has 0 spiro atoms. The van der Waals surface area contributed by atoms with Crippen LogP contribution >= 0.6 is 35.7 Å². The quantitative estimate of drug-likeness (QED) is 0.350. The van der Waals surface area contributed by atoms with Crippen LogP contribution in [0.25, 0.3) is 0 Å².